The summed E-state index contributed by atoms with van der Waals surface area (Å²) in [6.45, 7) is 34.5. The van der Waals surface area contributed by atoms with Crippen LogP contribution in [0.1, 0.15) is 251 Å². The highest BCUT2D eigenvalue weighted by Gasteiger charge is 2.72. The second kappa shape index (κ2) is 17.4. The predicted octanol–water partition coefficient (Wildman–Crippen LogP) is 15.3. The summed E-state index contributed by atoms with van der Waals surface area (Å²) in [7, 11) is 0. The predicted molar refractivity (Wildman–Crippen MR) is 296 cm³/mol. The summed E-state index contributed by atoms with van der Waals surface area (Å²) in [6.07, 6.45) is 27.3. The monoisotopic (exact) mass is 1020 g/mol. The number of hydrogen-bond acceptors (Lipinski definition) is 4. The van der Waals surface area contributed by atoms with E-state index in [0.717, 1.165) is 128 Å². The Hall–Kier alpha value is -2.64. The number of carboxylic acids is 2. The largest absolute Gasteiger partial charge is 0.481 e. The Morgan fingerprint density at radius 3 is 1.16 bits per heavy atom. The summed E-state index contributed by atoms with van der Waals surface area (Å²) in [5, 5.41) is 28.8. The molecule has 0 aromatic rings. The average Bonchev–Trinajstić information content (AvgIpc) is 3.29. The SMILES string of the molecule is CC1(C)CC[C@]2(C(=O)O)CC[C@]3(C)C(=CC[C@@H]4[C@@]5(C)CC[C@H](NC(=O)CCCCC(=O)N[C@H]6CC[C@]7(C)[C@H]8CC=C9[C@@H]%10CC(C)(C)CC[C@]%10(C(=O)O)CC[C@@]9(C)[C@]8(C)CC[C@H]7C6(C)C)C(C)(C)[C@@H]5CC[C@]43C)[C@@H]2C1. The molecule has 16 atom stereocenters. The molecule has 74 heavy (non-hydrogen) atoms. The first kappa shape index (κ1) is 54.7. The molecule has 0 radical (unpaired) electrons. The van der Waals surface area contributed by atoms with Gasteiger partial charge in [-0.1, -0.05) is 120 Å². The molecule has 8 heteroatoms. The van der Waals surface area contributed by atoms with E-state index in [1.165, 1.54) is 11.1 Å². The Balaban J connectivity index is 0.733. The van der Waals surface area contributed by atoms with E-state index in [2.05, 4.69) is 120 Å². The number of hydrogen-bond donors (Lipinski definition) is 4. The minimum atomic E-state index is -0.617. The molecular weight excluding hydrogens is 917 g/mol. The van der Waals surface area contributed by atoms with Gasteiger partial charge in [-0.15, -0.1) is 0 Å². The van der Waals surface area contributed by atoms with Crippen LogP contribution in [0.5, 0.6) is 0 Å². The van der Waals surface area contributed by atoms with E-state index >= 15 is 0 Å². The minimum absolute atomic E-state index is 0.000126. The Morgan fingerprint density at radius 1 is 0.459 bits per heavy atom. The molecule has 10 rings (SSSR count). The highest BCUT2D eigenvalue weighted by molar-refractivity contribution is 5.78. The molecule has 2 amide bonds. The van der Waals surface area contributed by atoms with E-state index in [-0.39, 0.29) is 89.9 Å². The molecule has 0 aromatic carbocycles. The first-order valence-corrected chi connectivity index (χ1v) is 30.7. The number of rotatable bonds is 9. The van der Waals surface area contributed by atoms with Gasteiger partial charge >= 0.3 is 11.9 Å². The third-order valence-corrected chi connectivity index (χ3v) is 27.9. The standard InChI is InChI=1S/C66H104N2O6/c1-55(2)31-35-65(53(71)72)37-33-61(11)41(43(65)39-55)19-21-47-59(9)27-25-49(57(5,6)45(59)23-29-63(47,61)13)67-51(69)17-15-16-18-52(70)68-50-26-28-60(10)46(58(50,7)8)24-30-64(14)48(60)22-20-42-44-40-56(3,4)32-36-66(44,54(73)74)38-34-62(42,64)12/h19-20,43-50H,15-18,21-40H2,1-14H3,(H,67,69)(H,68,70)(H,71,72)(H,73,74)/t43-,44-,45-,46-,47+,48+,49-,50-,59-,60-,61+,62+,63+,64+,65-,66-/m0/s1. The number of unbranched alkanes of at least 4 members (excludes halogenated alkanes) is 1. The molecule has 0 heterocycles. The van der Waals surface area contributed by atoms with Gasteiger partial charge in [0.1, 0.15) is 0 Å². The zero-order valence-electron chi connectivity index (χ0n) is 49.3. The summed E-state index contributed by atoms with van der Waals surface area (Å²) in [5.41, 5.74) is 2.44. The maximum Gasteiger partial charge on any atom is 0.310 e. The number of carbonyl (C=O) groups excluding carboxylic acids is 2. The molecule has 8 nitrogen and oxygen atoms in total. The van der Waals surface area contributed by atoms with Crippen molar-refractivity contribution >= 4 is 23.8 Å². The van der Waals surface area contributed by atoms with Gasteiger partial charge in [0.15, 0.2) is 0 Å². The number of carboxylic acid groups (broad SMARTS) is 2. The maximum absolute atomic E-state index is 13.8. The first-order chi connectivity index (χ1) is 34.2. The van der Waals surface area contributed by atoms with Crippen molar-refractivity contribution in [1.82, 2.24) is 10.6 Å². The van der Waals surface area contributed by atoms with Crippen molar-refractivity contribution in [2.75, 3.05) is 0 Å². The summed E-state index contributed by atoms with van der Waals surface area (Å²) in [4.78, 5) is 53.9. The minimum Gasteiger partial charge on any atom is -0.481 e. The van der Waals surface area contributed by atoms with Crippen molar-refractivity contribution in [3.63, 3.8) is 0 Å². The van der Waals surface area contributed by atoms with Gasteiger partial charge in [0, 0.05) is 24.9 Å². The molecule has 8 fully saturated rings. The van der Waals surface area contributed by atoms with Crippen LogP contribution in [0, 0.1) is 100 Å². The van der Waals surface area contributed by atoms with E-state index in [4.69, 9.17) is 0 Å². The van der Waals surface area contributed by atoms with E-state index in [1.807, 2.05) is 0 Å². The van der Waals surface area contributed by atoms with Crippen molar-refractivity contribution in [1.29, 1.82) is 0 Å². The lowest BCUT2D eigenvalue weighted by atomic mass is 9.33. The van der Waals surface area contributed by atoms with Crippen LogP contribution in [0.2, 0.25) is 0 Å². The number of carbonyl (C=O) groups is 4. The Kier molecular flexibility index (Phi) is 12.9. The molecule has 0 aromatic heterocycles. The summed E-state index contributed by atoms with van der Waals surface area (Å²) < 4.78 is 0. The fourth-order valence-electron chi connectivity index (χ4n) is 22.9. The molecule has 4 N–H and O–H groups in total. The third-order valence-electron chi connectivity index (χ3n) is 27.9. The van der Waals surface area contributed by atoms with Crippen LogP contribution >= 0.6 is 0 Å². The molecule has 414 valence electrons. The van der Waals surface area contributed by atoms with E-state index in [1.54, 1.807) is 0 Å². The van der Waals surface area contributed by atoms with Gasteiger partial charge in [0.05, 0.1) is 10.8 Å². The van der Waals surface area contributed by atoms with Crippen molar-refractivity contribution < 1.29 is 29.4 Å². The Labute approximate surface area is 448 Å². The maximum atomic E-state index is 13.8. The zero-order chi connectivity index (χ0) is 53.9. The van der Waals surface area contributed by atoms with Gasteiger partial charge in [-0.3, -0.25) is 19.2 Å². The molecular formula is C66H104N2O6. The van der Waals surface area contributed by atoms with Gasteiger partial charge in [-0.2, -0.15) is 0 Å². The normalized spacial score (nSPS) is 48.1. The van der Waals surface area contributed by atoms with E-state index in [0.29, 0.717) is 49.4 Å². The molecule has 0 bridgehead atoms. The Morgan fingerprint density at radius 2 is 0.811 bits per heavy atom. The van der Waals surface area contributed by atoms with Gasteiger partial charge in [-0.05, 0) is 231 Å². The molecule has 10 aliphatic carbocycles. The Bertz CT molecular complexity index is 2220. The van der Waals surface area contributed by atoms with E-state index < -0.39 is 22.8 Å². The second-order valence-electron chi connectivity index (χ2n) is 32.5. The zero-order valence-corrected chi connectivity index (χ0v) is 49.3. The van der Waals surface area contributed by atoms with Crippen molar-refractivity contribution in [2.45, 2.75) is 263 Å². The number of nitrogens with one attached hydrogen (secondary N) is 2. The highest BCUT2D eigenvalue weighted by Crippen LogP contribution is 2.78. The molecule has 0 spiro atoms. The molecule has 10 aliphatic rings. The van der Waals surface area contributed by atoms with Crippen molar-refractivity contribution in [2.24, 2.45) is 100 Å². The van der Waals surface area contributed by atoms with Crippen LogP contribution in [0.4, 0.5) is 0 Å². The van der Waals surface area contributed by atoms with E-state index in [9.17, 15) is 29.4 Å². The van der Waals surface area contributed by atoms with Crippen LogP contribution in [-0.2, 0) is 19.2 Å². The summed E-state index contributed by atoms with van der Waals surface area (Å²) in [6, 6.07) is 0.243. The lowest BCUT2D eigenvalue weighted by Gasteiger charge is -2.71. The summed E-state index contributed by atoms with van der Waals surface area (Å²) in [5.74, 6) is 1.39. The average molecular weight is 1020 g/mol. The van der Waals surface area contributed by atoms with Gasteiger partial charge < -0.3 is 20.8 Å². The quantitative estimate of drug-likeness (QED) is 0.134. The topological polar surface area (TPSA) is 133 Å². The van der Waals surface area contributed by atoms with Crippen molar-refractivity contribution in [3.8, 4) is 0 Å². The molecule has 0 saturated heterocycles. The number of fused-ring (bicyclic) bond motifs is 14. The van der Waals surface area contributed by atoms with Crippen LogP contribution in [0.3, 0.4) is 0 Å². The number of aliphatic carboxylic acids is 2. The summed E-state index contributed by atoms with van der Waals surface area (Å²) >= 11 is 0. The van der Waals surface area contributed by atoms with Crippen LogP contribution in [0.15, 0.2) is 23.3 Å². The molecule has 8 saturated carbocycles. The first-order valence-electron chi connectivity index (χ1n) is 30.7. The lowest BCUT2D eigenvalue weighted by Crippen LogP contribution is -2.66. The highest BCUT2D eigenvalue weighted by atomic mass is 16.4. The van der Waals surface area contributed by atoms with Crippen LogP contribution < -0.4 is 10.6 Å². The van der Waals surface area contributed by atoms with Crippen molar-refractivity contribution in [3.05, 3.63) is 23.3 Å². The third kappa shape index (κ3) is 7.61. The molecule has 0 aliphatic heterocycles. The number of allylic oxidation sites excluding steroid dienone is 4. The van der Waals surface area contributed by atoms with Crippen LogP contribution in [-0.4, -0.2) is 46.0 Å². The van der Waals surface area contributed by atoms with Crippen LogP contribution in [0.25, 0.3) is 0 Å². The van der Waals surface area contributed by atoms with Gasteiger partial charge in [0.2, 0.25) is 11.8 Å². The van der Waals surface area contributed by atoms with Gasteiger partial charge in [0.25, 0.3) is 0 Å². The smallest absolute Gasteiger partial charge is 0.310 e. The fraction of sp³-hybridized carbons (Fsp3) is 0.879. The molecule has 0 unspecified atom stereocenters. The second-order valence-corrected chi connectivity index (χ2v) is 32.5. The van der Waals surface area contributed by atoms with Gasteiger partial charge in [-0.25, -0.2) is 0 Å². The number of amides is 2. The lowest BCUT2D eigenvalue weighted by molar-refractivity contribution is -0.192. The fourth-order valence-corrected chi connectivity index (χ4v) is 22.9.